The second-order valence-corrected chi connectivity index (χ2v) is 6.21. The highest BCUT2D eigenvalue weighted by atomic mass is 32.2. The number of hydrogen-bond acceptors (Lipinski definition) is 2. The summed E-state index contributed by atoms with van der Waals surface area (Å²) < 4.78 is 0. The zero-order valence-corrected chi connectivity index (χ0v) is 11.6. The van der Waals surface area contributed by atoms with Crippen LogP contribution in [0.3, 0.4) is 0 Å². The van der Waals surface area contributed by atoms with Gasteiger partial charge in [-0.25, -0.2) is 0 Å². The Hall–Kier alpha value is -0.470. The van der Waals surface area contributed by atoms with Gasteiger partial charge >= 0.3 is 0 Å². The summed E-state index contributed by atoms with van der Waals surface area (Å²) in [5.74, 6) is 1.26. The fourth-order valence-electron chi connectivity index (χ4n) is 2.48. The van der Waals surface area contributed by atoms with Gasteiger partial charge in [-0.1, -0.05) is 31.5 Å². The standard InChI is InChI=1S/C15H23NS/c1-2-16-13-15(9-6-10-15)11-12-17-14-7-4-3-5-8-14/h3-5,7-8,16H,2,6,9-13H2,1H3. The highest BCUT2D eigenvalue weighted by Crippen LogP contribution is 2.44. The number of rotatable bonds is 7. The van der Waals surface area contributed by atoms with Crippen molar-refractivity contribution < 1.29 is 0 Å². The van der Waals surface area contributed by atoms with Crippen LogP contribution in [0.5, 0.6) is 0 Å². The molecule has 2 rings (SSSR count). The Morgan fingerprint density at radius 1 is 1.24 bits per heavy atom. The Bertz CT molecular complexity index is 319. The van der Waals surface area contributed by atoms with Crippen molar-refractivity contribution in [2.45, 2.75) is 37.5 Å². The van der Waals surface area contributed by atoms with E-state index in [0.717, 1.165) is 6.54 Å². The summed E-state index contributed by atoms with van der Waals surface area (Å²) in [6, 6.07) is 10.8. The van der Waals surface area contributed by atoms with Gasteiger partial charge in [0, 0.05) is 11.4 Å². The first-order valence-electron chi connectivity index (χ1n) is 6.73. The van der Waals surface area contributed by atoms with E-state index in [0.29, 0.717) is 5.41 Å². The average Bonchev–Trinajstić information content (AvgIpc) is 2.33. The lowest BCUT2D eigenvalue weighted by molar-refractivity contribution is 0.127. The minimum atomic E-state index is 0.623. The Labute approximate surface area is 109 Å². The Balaban J connectivity index is 1.73. The SMILES string of the molecule is CCNCC1(CCSc2ccccc2)CCC1. The molecule has 0 aliphatic heterocycles. The van der Waals surface area contributed by atoms with Crippen molar-refractivity contribution >= 4 is 11.8 Å². The van der Waals surface area contributed by atoms with Gasteiger partial charge in [0.05, 0.1) is 0 Å². The van der Waals surface area contributed by atoms with E-state index >= 15 is 0 Å². The maximum absolute atomic E-state index is 3.53. The summed E-state index contributed by atoms with van der Waals surface area (Å²) in [5, 5.41) is 3.53. The lowest BCUT2D eigenvalue weighted by Crippen LogP contribution is -2.40. The molecule has 0 atom stereocenters. The van der Waals surface area contributed by atoms with E-state index in [4.69, 9.17) is 0 Å². The molecule has 17 heavy (non-hydrogen) atoms. The van der Waals surface area contributed by atoms with Crippen LogP contribution < -0.4 is 5.32 Å². The normalized spacial score (nSPS) is 17.7. The first-order valence-corrected chi connectivity index (χ1v) is 7.72. The topological polar surface area (TPSA) is 12.0 Å². The smallest absolute Gasteiger partial charge is 0.00719 e. The quantitative estimate of drug-likeness (QED) is 0.734. The van der Waals surface area contributed by atoms with Crippen LogP contribution in [-0.2, 0) is 0 Å². The molecule has 1 N–H and O–H groups in total. The molecule has 0 radical (unpaired) electrons. The van der Waals surface area contributed by atoms with Gasteiger partial charge in [0.1, 0.15) is 0 Å². The molecule has 2 heteroatoms. The van der Waals surface area contributed by atoms with Crippen LogP contribution in [0, 0.1) is 5.41 Å². The lowest BCUT2D eigenvalue weighted by atomic mass is 9.67. The van der Waals surface area contributed by atoms with Crippen molar-refractivity contribution in [1.29, 1.82) is 0 Å². The summed E-state index contributed by atoms with van der Waals surface area (Å²) in [7, 11) is 0. The molecule has 1 aromatic rings. The molecule has 0 spiro atoms. The molecule has 0 amide bonds. The van der Waals surface area contributed by atoms with Crippen molar-refractivity contribution in [3.63, 3.8) is 0 Å². The highest BCUT2D eigenvalue weighted by molar-refractivity contribution is 7.99. The molecule has 1 aliphatic rings. The van der Waals surface area contributed by atoms with Crippen molar-refractivity contribution in [2.75, 3.05) is 18.8 Å². The van der Waals surface area contributed by atoms with Crippen LogP contribution in [0.4, 0.5) is 0 Å². The third-order valence-electron chi connectivity index (χ3n) is 3.81. The zero-order valence-electron chi connectivity index (χ0n) is 10.7. The number of thioether (sulfide) groups is 1. The second kappa shape index (κ2) is 6.46. The Kier molecular flexibility index (Phi) is 4.93. The summed E-state index contributed by atoms with van der Waals surface area (Å²) in [4.78, 5) is 1.41. The Morgan fingerprint density at radius 3 is 2.59 bits per heavy atom. The predicted molar refractivity (Wildman–Crippen MR) is 76.6 cm³/mol. The van der Waals surface area contributed by atoms with Crippen LogP contribution in [0.1, 0.15) is 32.6 Å². The summed E-state index contributed by atoms with van der Waals surface area (Å²) in [5.41, 5.74) is 0.623. The predicted octanol–water partition coefficient (Wildman–Crippen LogP) is 3.95. The maximum atomic E-state index is 3.53. The van der Waals surface area contributed by atoms with Gasteiger partial charge in [-0.05, 0) is 49.1 Å². The number of nitrogens with one attached hydrogen (secondary N) is 1. The summed E-state index contributed by atoms with van der Waals surface area (Å²) >= 11 is 2.00. The molecule has 0 aromatic heterocycles. The van der Waals surface area contributed by atoms with E-state index in [1.807, 2.05) is 11.8 Å². The van der Waals surface area contributed by atoms with Gasteiger partial charge in [0.25, 0.3) is 0 Å². The summed E-state index contributed by atoms with van der Waals surface area (Å²) in [6.07, 6.45) is 5.64. The van der Waals surface area contributed by atoms with Crippen molar-refractivity contribution in [1.82, 2.24) is 5.32 Å². The van der Waals surface area contributed by atoms with E-state index in [9.17, 15) is 0 Å². The molecule has 0 unspecified atom stereocenters. The molecule has 94 valence electrons. The van der Waals surface area contributed by atoms with Crippen LogP contribution in [0.2, 0.25) is 0 Å². The molecule has 0 heterocycles. The molecule has 1 fully saturated rings. The van der Waals surface area contributed by atoms with Gasteiger partial charge in [-0.2, -0.15) is 0 Å². The third-order valence-corrected chi connectivity index (χ3v) is 4.82. The van der Waals surface area contributed by atoms with Gasteiger partial charge in [-0.15, -0.1) is 11.8 Å². The Morgan fingerprint density at radius 2 is 2.00 bits per heavy atom. The number of hydrogen-bond donors (Lipinski definition) is 1. The van der Waals surface area contributed by atoms with Crippen LogP contribution in [0.25, 0.3) is 0 Å². The molecule has 1 nitrogen and oxygen atoms in total. The first kappa shape index (κ1) is 13.0. The second-order valence-electron chi connectivity index (χ2n) is 5.05. The van der Waals surface area contributed by atoms with Crippen LogP contribution in [0.15, 0.2) is 35.2 Å². The van der Waals surface area contributed by atoms with Gasteiger partial charge < -0.3 is 5.32 Å². The monoisotopic (exact) mass is 249 g/mol. The van der Waals surface area contributed by atoms with E-state index in [-0.39, 0.29) is 0 Å². The van der Waals surface area contributed by atoms with Crippen LogP contribution in [-0.4, -0.2) is 18.8 Å². The van der Waals surface area contributed by atoms with E-state index in [2.05, 4.69) is 42.6 Å². The zero-order chi connectivity index (χ0) is 12.0. The van der Waals surface area contributed by atoms with Crippen LogP contribution >= 0.6 is 11.8 Å². The fourth-order valence-corrected chi connectivity index (χ4v) is 3.60. The van der Waals surface area contributed by atoms with Gasteiger partial charge in [0.15, 0.2) is 0 Å². The van der Waals surface area contributed by atoms with Crippen molar-refractivity contribution in [3.05, 3.63) is 30.3 Å². The van der Waals surface area contributed by atoms with Gasteiger partial charge in [-0.3, -0.25) is 0 Å². The minimum Gasteiger partial charge on any atom is -0.316 e. The van der Waals surface area contributed by atoms with Crippen molar-refractivity contribution in [2.24, 2.45) is 5.41 Å². The largest absolute Gasteiger partial charge is 0.316 e. The van der Waals surface area contributed by atoms with Gasteiger partial charge in [0.2, 0.25) is 0 Å². The maximum Gasteiger partial charge on any atom is 0.00719 e. The average molecular weight is 249 g/mol. The molecule has 1 aromatic carbocycles. The first-order chi connectivity index (χ1) is 8.35. The summed E-state index contributed by atoms with van der Waals surface area (Å²) in [6.45, 7) is 4.53. The third kappa shape index (κ3) is 3.75. The molecule has 1 saturated carbocycles. The highest BCUT2D eigenvalue weighted by Gasteiger charge is 2.35. The van der Waals surface area contributed by atoms with E-state index < -0.39 is 0 Å². The molecule has 0 bridgehead atoms. The molecular formula is C15H23NS. The molecule has 0 saturated heterocycles. The van der Waals surface area contributed by atoms with E-state index in [1.54, 1.807) is 0 Å². The lowest BCUT2D eigenvalue weighted by Gasteiger charge is -2.42. The minimum absolute atomic E-state index is 0.623. The van der Waals surface area contributed by atoms with Crippen molar-refractivity contribution in [3.8, 4) is 0 Å². The fraction of sp³-hybridized carbons (Fsp3) is 0.600. The van der Waals surface area contributed by atoms with E-state index in [1.165, 1.54) is 42.9 Å². The molecular weight excluding hydrogens is 226 g/mol. The number of benzene rings is 1. The molecule has 1 aliphatic carbocycles.